The predicted octanol–water partition coefficient (Wildman–Crippen LogP) is 2.38. The molecule has 1 unspecified atom stereocenters. The minimum absolute atomic E-state index is 0.154. The first kappa shape index (κ1) is 12.6. The van der Waals surface area contributed by atoms with Gasteiger partial charge in [-0.15, -0.1) is 6.42 Å². The topological polar surface area (TPSA) is 21.3 Å². The van der Waals surface area contributed by atoms with Gasteiger partial charge in [0.2, 0.25) is 0 Å². The SMILES string of the molecule is C#CC(CC)NCCOc1cccc(C)c1. The smallest absolute Gasteiger partial charge is 0.119 e. The van der Waals surface area contributed by atoms with E-state index in [4.69, 9.17) is 11.2 Å². The highest BCUT2D eigenvalue weighted by molar-refractivity contribution is 5.27. The minimum Gasteiger partial charge on any atom is -0.492 e. The van der Waals surface area contributed by atoms with Gasteiger partial charge in [-0.2, -0.15) is 0 Å². The van der Waals surface area contributed by atoms with E-state index >= 15 is 0 Å². The fourth-order valence-corrected chi connectivity index (χ4v) is 1.43. The van der Waals surface area contributed by atoms with Crippen LogP contribution in [0.4, 0.5) is 0 Å². The fraction of sp³-hybridized carbons (Fsp3) is 0.429. The van der Waals surface area contributed by atoms with Gasteiger partial charge in [-0.25, -0.2) is 0 Å². The lowest BCUT2D eigenvalue weighted by Gasteiger charge is -2.11. The van der Waals surface area contributed by atoms with Crippen LogP contribution in [0.2, 0.25) is 0 Å². The number of aryl methyl sites for hydroxylation is 1. The molecule has 1 N–H and O–H groups in total. The van der Waals surface area contributed by atoms with Crippen molar-refractivity contribution in [2.45, 2.75) is 26.3 Å². The second kappa shape index (κ2) is 6.92. The Morgan fingerprint density at radius 1 is 1.50 bits per heavy atom. The Bertz CT molecular complexity index is 354. The van der Waals surface area contributed by atoms with Gasteiger partial charge >= 0.3 is 0 Å². The van der Waals surface area contributed by atoms with Gasteiger partial charge in [0.15, 0.2) is 0 Å². The van der Waals surface area contributed by atoms with Crippen LogP contribution in [0.3, 0.4) is 0 Å². The molecule has 0 amide bonds. The van der Waals surface area contributed by atoms with E-state index in [9.17, 15) is 0 Å². The molecule has 16 heavy (non-hydrogen) atoms. The molecule has 1 aromatic carbocycles. The van der Waals surface area contributed by atoms with Gasteiger partial charge in [0.05, 0.1) is 6.04 Å². The standard InChI is InChI=1S/C14H19NO/c1-4-13(5-2)15-9-10-16-14-8-6-7-12(3)11-14/h1,6-8,11,13,15H,5,9-10H2,2-3H3. The number of hydrogen-bond donors (Lipinski definition) is 1. The first-order chi connectivity index (χ1) is 7.76. The Balaban J connectivity index is 2.24. The molecule has 1 atom stereocenters. The predicted molar refractivity (Wildman–Crippen MR) is 67.6 cm³/mol. The van der Waals surface area contributed by atoms with Crippen LogP contribution in [0.1, 0.15) is 18.9 Å². The lowest BCUT2D eigenvalue weighted by Crippen LogP contribution is -2.30. The van der Waals surface area contributed by atoms with Crippen LogP contribution >= 0.6 is 0 Å². The largest absolute Gasteiger partial charge is 0.492 e. The third-order valence-electron chi connectivity index (χ3n) is 2.36. The Labute approximate surface area is 98.0 Å². The Kier molecular flexibility index (Phi) is 5.45. The third-order valence-corrected chi connectivity index (χ3v) is 2.36. The van der Waals surface area contributed by atoms with E-state index < -0.39 is 0 Å². The number of rotatable bonds is 6. The Hall–Kier alpha value is -1.46. The first-order valence-electron chi connectivity index (χ1n) is 5.65. The van der Waals surface area contributed by atoms with Crippen molar-refractivity contribution in [1.82, 2.24) is 5.32 Å². The Morgan fingerprint density at radius 3 is 2.94 bits per heavy atom. The normalized spacial score (nSPS) is 11.8. The summed E-state index contributed by atoms with van der Waals surface area (Å²) in [5.74, 6) is 3.61. The summed E-state index contributed by atoms with van der Waals surface area (Å²) in [5, 5.41) is 3.24. The molecule has 0 aliphatic carbocycles. The van der Waals surface area contributed by atoms with Crippen molar-refractivity contribution >= 4 is 0 Å². The lowest BCUT2D eigenvalue weighted by molar-refractivity contribution is 0.310. The van der Waals surface area contributed by atoms with Gasteiger partial charge in [-0.05, 0) is 31.0 Å². The van der Waals surface area contributed by atoms with E-state index in [0.29, 0.717) is 6.61 Å². The summed E-state index contributed by atoms with van der Waals surface area (Å²) in [6.45, 7) is 5.54. The fourth-order valence-electron chi connectivity index (χ4n) is 1.43. The van der Waals surface area contributed by atoms with Crippen LogP contribution in [0.5, 0.6) is 5.75 Å². The van der Waals surface area contributed by atoms with Gasteiger partial charge in [-0.1, -0.05) is 25.0 Å². The molecule has 86 valence electrons. The van der Waals surface area contributed by atoms with E-state index in [0.717, 1.165) is 18.7 Å². The van der Waals surface area contributed by atoms with E-state index in [1.165, 1.54) is 5.56 Å². The van der Waals surface area contributed by atoms with Crippen molar-refractivity contribution in [2.75, 3.05) is 13.2 Å². The van der Waals surface area contributed by atoms with Crippen molar-refractivity contribution in [3.63, 3.8) is 0 Å². The van der Waals surface area contributed by atoms with Crippen LogP contribution in [0.15, 0.2) is 24.3 Å². The number of nitrogens with one attached hydrogen (secondary N) is 1. The molecule has 1 aromatic rings. The molecule has 0 aliphatic heterocycles. The summed E-state index contributed by atoms with van der Waals surface area (Å²) in [6.07, 6.45) is 6.29. The summed E-state index contributed by atoms with van der Waals surface area (Å²) >= 11 is 0. The van der Waals surface area contributed by atoms with Crippen LogP contribution < -0.4 is 10.1 Å². The van der Waals surface area contributed by atoms with Crippen molar-refractivity contribution in [1.29, 1.82) is 0 Å². The summed E-state index contributed by atoms with van der Waals surface area (Å²) in [4.78, 5) is 0. The zero-order chi connectivity index (χ0) is 11.8. The van der Waals surface area contributed by atoms with Crippen molar-refractivity contribution in [2.24, 2.45) is 0 Å². The number of benzene rings is 1. The van der Waals surface area contributed by atoms with Gasteiger partial charge in [-0.3, -0.25) is 0 Å². The molecule has 0 saturated heterocycles. The van der Waals surface area contributed by atoms with E-state index in [1.54, 1.807) is 0 Å². The zero-order valence-electron chi connectivity index (χ0n) is 9.99. The van der Waals surface area contributed by atoms with Crippen molar-refractivity contribution in [3.05, 3.63) is 29.8 Å². The summed E-state index contributed by atoms with van der Waals surface area (Å²) in [6, 6.07) is 8.19. The average Bonchev–Trinajstić information content (AvgIpc) is 2.29. The highest BCUT2D eigenvalue weighted by atomic mass is 16.5. The molecule has 2 heteroatoms. The average molecular weight is 217 g/mol. The summed E-state index contributed by atoms with van der Waals surface area (Å²) < 4.78 is 5.60. The maximum atomic E-state index is 5.60. The lowest BCUT2D eigenvalue weighted by atomic mass is 10.2. The monoisotopic (exact) mass is 217 g/mol. The van der Waals surface area contributed by atoms with E-state index in [2.05, 4.69) is 31.2 Å². The van der Waals surface area contributed by atoms with Gasteiger partial charge in [0.25, 0.3) is 0 Å². The molecule has 0 bridgehead atoms. The Morgan fingerprint density at radius 2 is 2.31 bits per heavy atom. The molecule has 0 saturated carbocycles. The van der Waals surface area contributed by atoms with Gasteiger partial charge in [0, 0.05) is 6.54 Å². The molecule has 1 rings (SSSR count). The quantitative estimate of drug-likeness (QED) is 0.583. The minimum atomic E-state index is 0.154. The number of hydrogen-bond acceptors (Lipinski definition) is 2. The number of ether oxygens (including phenoxy) is 1. The molecule has 0 fully saturated rings. The summed E-state index contributed by atoms with van der Waals surface area (Å²) in [5.41, 5.74) is 1.21. The molecule has 0 aromatic heterocycles. The van der Waals surface area contributed by atoms with Crippen LogP contribution in [0, 0.1) is 19.3 Å². The van der Waals surface area contributed by atoms with E-state index in [1.807, 2.05) is 18.2 Å². The van der Waals surface area contributed by atoms with Crippen LogP contribution in [0.25, 0.3) is 0 Å². The molecule has 0 spiro atoms. The zero-order valence-corrected chi connectivity index (χ0v) is 9.99. The maximum Gasteiger partial charge on any atom is 0.119 e. The van der Waals surface area contributed by atoms with Crippen molar-refractivity contribution in [3.8, 4) is 18.1 Å². The molecular weight excluding hydrogens is 198 g/mol. The van der Waals surface area contributed by atoms with Crippen LogP contribution in [-0.2, 0) is 0 Å². The molecule has 0 aliphatic rings. The maximum absolute atomic E-state index is 5.60. The highest BCUT2D eigenvalue weighted by Gasteiger charge is 1.99. The second-order valence-electron chi connectivity index (χ2n) is 3.75. The highest BCUT2D eigenvalue weighted by Crippen LogP contribution is 2.11. The van der Waals surface area contributed by atoms with Crippen molar-refractivity contribution < 1.29 is 4.74 Å². The van der Waals surface area contributed by atoms with Gasteiger partial charge in [0.1, 0.15) is 12.4 Å². The molecule has 0 heterocycles. The van der Waals surface area contributed by atoms with Gasteiger partial charge < -0.3 is 10.1 Å². The molecule has 2 nitrogen and oxygen atoms in total. The molecular formula is C14H19NO. The second-order valence-corrected chi connectivity index (χ2v) is 3.75. The van der Waals surface area contributed by atoms with Crippen LogP contribution in [-0.4, -0.2) is 19.2 Å². The van der Waals surface area contributed by atoms with E-state index in [-0.39, 0.29) is 6.04 Å². The third kappa shape index (κ3) is 4.37. The molecule has 0 radical (unpaired) electrons. The number of terminal acetylenes is 1. The first-order valence-corrected chi connectivity index (χ1v) is 5.65. The summed E-state index contributed by atoms with van der Waals surface area (Å²) in [7, 11) is 0.